The lowest BCUT2D eigenvalue weighted by molar-refractivity contribution is -0.146. The van der Waals surface area contributed by atoms with E-state index in [1.54, 1.807) is 25.2 Å². The van der Waals surface area contributed by atoms with Gasteiger partial charge >= 0.3 is 5.97 Å². The molecule has 0 fully saturated rings. The first-order valence-corrected chi connectivity index (χ1v) is 6.35. The van der Waals surface area contributed by atoms with Crippen LogP contribution < -0.4 is 5.32 Å². The zero-order valence-electron chi connectivity index (χ0n) is 9.99. The topological polar surface area (TPSA) is 49.3 Å². The quantitative estimate of drug-likeness (QED) is 0.805. The highest BCUT2D eigenvalue weighted by Crippen LogP contribution is 2.23. The summed E-state index contributed by atoms with van der Waals surface area (Å²) in [6.07, 6.45) is 0.968. The largest absolute Gasteiger partial charge is 0.481 e. The fourth-order valence-corrected chi connectivity index (χ4v) is 2.28. The molecule has 1 aromatic heterocycles. The summed E-state index contributed by atoms with van der Waals surface area (Å²) in [5, 5.41) is 14.4. The second kappa shape index (κ2) is 5.46. The van der Waals surface area contributed by atoms with Gasteiger partial charge in [-0.1, -0.05) is 13.0 Å². The second-order valence-electron chi connectivity index (χ2n) is 4.55. The first-order chi connectivity index (χ1) is 7.47. The summed E-state index contributed by atoms with van der Waals surface area (Å²) in [6, 6.07) is 4.37. The van der Waals surface area contributed by atoms with Gasteiger partial charge < -0.3 is 10.4 Å². The van der Waals surface area contributed by atoms with Crippen LogP contribution in [0.4, 0.5) is 0 Å². The maximum absolute atomic E-state index is 11.0. The zero-order chi connectivity index (χ0) is 12.2. The number of aliphatic carboxylic acids is 1. The Morgan fingerprint density at radius 2 is 2.31 bits per heavy atom. The van der Waals surface area contributed by atoms with Gasteiger partial charge in [0.2, 0.25) is 0 Å². The fourth-order valence-electron chi connectivity index (χ4n) is 1.39. The maximum atomic E-state index is 11.0. The van der Waals surface area contributed by atoms with Gasteiger partial charge in [-0.15, -0.1) is 11.3 Å². The predicted octanol–water partition coefficient (Wildman–Crippen LogP) is 2.90. The molecule has 0 aliphatic carbocycles. The molecule has 0 bridgehead atoms. The van der Waals surface area contributed by atoms with E-state index in [1.165, 1.54) is 4.88 Å². The number of thiophene rings is 1. The Hall–Kier alpha value is -0.870. The summed E-state index contributed by atoms with van der Waals surface area (Å²) < 4.78 is 0. The standard InChI is InChI=1S/C12H19NO2S/c1-4-9(10-6-5-7-16-10)13-8-12(2,3)11(14)15/h5-7,9,13H,4,8H2,1-3H3,(H,14,15). The molecule has 0 amide bonds. The highest BCUT2D eigenvalue weighted by atomic mass is 32.1. The van der Waals surface area contributed by atoms with Gasteiger partial charge in [-0.2, -0.15) is 0 Å². The molecular weight excluding hydrogens is 222 g/mol. The van der Waals surface area contributed by atoms with Gasteiger partial charge in [0, 0.05) is 17.5 Å². The van der Waals surface area contributed by atoms with Crippen molar-refractivity contribution in [3.8, 4) is 0 Å². The van der Waals surface area contributed by atoms with E-state index in [-0.39, 0.29) is 6.04 Å². The summed E-state index contributed by atoms with van der Waals surface area (Å²) in [5.41, 5.74) is -0.718. The highest BCUT2D eigenvalue weighted by molar-refractivity contribution is 7.10. The Balaban J connectivity index is 2.56. The van der Waals surface area contributed by atoms with E-state index >= 15 is 0 Å². The lowest BCUT2D eigenvalue weighted by Crippen LogP contribution is -2.37. The fraction of sp³-hybridized carbons (Fsp3) is 0.583. The van der Waals surface area contributed by atoms with Crippen LogP contribution in [-0.2, 0) is 4.79 Å². The maximum Gasteiger partial charge on any atom is 0.310 e. The highest BCUT2D eigenvalue weighted by Gasteiger charge is 2.27. The summed E-state index contributed by atoms with van der Waals surface area (Å²) in [4.78, 5) is 12.2. The lowest BCUT2D eigenvalue weighted by atomic mass is 9.93. The molecule has 0 saturated heterocycles. The predicted molar refractivity (Wildman–Crippen MR) is 66.8 cm³/mol. The van der Waals surface area contributed by atoms with Crippen LogP contribution in [0, 0.1) is 5.41 Å². The van der Waals surface area contributed by atoms with E-state index in [4.69, 9.17) is 5.11 Å². The molecule has 1 aromatic rings. The Bertz CT molecular complexity index is 333. The number of hydrogen-bond donors (Lipinski definition) is 2. The molecule has 4 heteroatoms. The van der Waals surface area contributed by atoms with Crippen molar-refractivity contribution in [1.29, 1.82) is 0 Å². The second-order valence-corrected chi connectivity index (χ2v) is 5.53. The molecule has 90 valence electrons. The van der Waals surface area contributed by atoms with Gasteiger partial charge in [0.05, 0.1) is 5.41 Å². The Kier molecular flexibility index (Phi) is 4.50. The third-order valence-electron chi connectivity index (χ3n) is 2.66. The van der Waals surface area contributed by atoms with Crippen molar-refractivity contribution >= 4 is 17.3 Å². The summed E-state index contributed by atoms with van der Waals surface area (Å²) in [5.74, 6) is -0.763. The van der Waals surface area contributed by atoms with Crippen molar-refractivity contribution in [2.75, 3.05) is 6.54 Å². The van der Waals surface area contributed by atoms with Crippen molar-refractivity contribution in [2.24, 2.45) is 5.41 Å². The van der Waals surface area contributed by atoms with Crippen LogP contribution in [0.15, 0.2) is 17.5 Å². The average Bonchev–Trinajstić information content (AvgIpc) is 2.71. The van der Waals surface area contributed by atoms with E-state index in [0.717, 1.165) is 6.42 Å². The molecule has 0 aliphatic rings. The number of hydrogen-bond acceptors (Lipinski definition) is 3. The molecule has 3 nitrogen and oxygen atoms in total. The molecule has 0 radical (unpaired) electrons. The van der Waals surface area contributed by atoms with Gasteiger partial charge in [-0.3, -0.25) is 4.79 Å². The Morgan fingerprint density at radius 1 is 1.62 bits per heavy atom. The lowest BCUT2D eigenvalue weighted by Gasteiger charge is -2.23. The molecule has 2 N–H and O–H groups in total. The minimum Gasteiger partial charge on any atom is -0.481 e. The average molecular weight is 241 g/mol. The van der Waals surface area contributed by atoms with Crippen molar-refractivity contribution in [1.82, 2.24) is 5.32 Å². The van der Waals surface area contributed by atoms with Gasteiger partial charge in [-0.25, -0.2) is 0 Å². The SMILES string of the molecule is CCC(NCC(C)(C)C(=O)O)c1cccs1. The minimum absolute atomic E-state index is 0.263. The number of carboxylic acid groups (broad SMARTS) is 1. The molecule has 1 atom stereocenters. The van der Waals surface area contributed by atoms with Crippen LogP contribution in [0.1, 0.15) is 38.1 Å². The van der Waals surface area contributed by atoms with E-state index in [2.05, 4.69) is 18.3 Å². The van der Waals surface area contributed by atoms with Crippen molar-refractivity contribution in [3.05, 3.63) is 22.4 Å². The van der Waals surface area contributed by atoms with Crippen molar-refractivity contribution in [2.45, 2.75) is 33.2 Å². The number of carbonyl (C=O) groups is 1. The summed E-state index contributed by atoms with van der Waals surface area (Å²) in [7, 11) is 0. The van der Waals surface area contributed by atoms with E-state index in [1.807, 2.05) is 11.4 Å². The molecular formula is C12H19NO2S. The monoisotopic (exact) mass is 241 g/mol. The van der Waals surface area contributed by atoms with E-state index in [9.17, 15) is 4.79 Å². The van der Waals surface area contributed by atoms with Crippen molar-refractivity contribution in [3.63, 3.8) is 0 Å². The van der Waals surface area contributed by atoms with Crippen molar-refractivity contribution < 1.29 is 9.90 Å². The molecule has 1 heterocycles. The smallest absolute Gasteiger partial charge is 0.310 e. The summed E-state index contributed by atoms with van der Waals surface area (Å²) >= 11 is 1.70. The van der Waals surface area contributed by atoms with E-state index < -0.39 is 11.4 Å². The third-order valence-corrected chi connectivity index (χ3v) is 3.65. The molecule has 0 spiro atoms. The molecule has 1 rings (SSSR count). The van der Waals surface area contributed by atoms with Gasteiger partial charge in [0.15, 0.2) is 0 Å². The molecule has 16 heavy (non-hydrogen) atoms. The molecule has 0 saturated carbocycles. The molecule has 0 aliphatic heterocycles. The zero-order valence-corrected chi connectivity index (χ0v) is 10.8. The first-order valence-electron chi connectivity index (χ1n) is 5.47. The van der Waals surface area contributed by atoms with Crippen LogP contribution >= 0.6 is 11.3 Å². The summed E-state index contributed by atoms with van der Waals surface area (Å²) in [6.45, 7) is 6.07. The number of rotatable bonds is 6. The van der Waals surface area contributed by atoms with E-state index in [0.29, 0.717) is 6.54 Å². The first kappa shape index (κ1) is 13.2. The minimum atomic E-state index is -0.763. The Labute approximate surface area is 100 Å². The van der Waals surface area contributed by atoms with Crippen LogP contribution in [-0.4, -0.2) is 17.6 Å². The Morgan fingerprint density at radius 3 is 2.75 bits per heavy atom. The third kappa shape index (κ3) is 3.32. The van der Waals surface area contributed by atoms with Crippen LogP contribution in [0.2, 0.25) is 0 Å². The van der Waals surface area contributed by atoms with Crippen LogP contribution in [0.3, 0.4) is 0 Å². The van der Waals surface area contributed by atoms with Gasteiger partial charge in [-0.05, 0) is 31.7 Å². The van der Waals surface area contributed by atoms with Crippen LogP contribution in [0.5, 0.6) is 0 Å². The van der Waals surface area contributed by atoms with Gasteiger partial charge in [0.25, 0.3) is 0 Å². The number of nitrogens with one attached hydrogen (secondary N) is 1. The van der Waals surface area contributed by atoms with Gasteiger partial charge in [0.1, 0.15) is 0 Å². The molecule has 1 unspecified atom stereocenters. The molecule has 0 aromatic carbocycles. The number of carboxylic acids is 1. The van der Waals surface area contributed by atoms with Crippen LogP contribution in [0.25, 0.3) is 0 Å². The normalized spacial score (nSPS) is 13.7.